The van der Waals surface area contributed by atoms with E-state index < -0.39 is 0 Å². The lowest BCUT2D eigenvalue weighted by Gasteiger charge is -2.38. The molecule has 0 bridgehead atoms. The number of hydrogen-bond acceptors (Lipinski definition) is 4. The molecule has 1 atom stereocenters. The van der Waals surface area contributed by atoms with Gasteiger partial charge in [0.05, 0.1) is 5.69 Å². The maximum Gasteiger partial charge on any atom is 0.128 e. The van der Waals surface area contributed by atoms with E-state index in [1.165, 1.54) is 13.0 Å². The quantitative estimate of drug-likeness (QED) is 0.896. The van der Waals surface area contributed by atoms with Crippen LogP contribution in [0, 0.1) is 6.92 Å². The second kappa shape index (κ2) is 5.77. The number of anilines is 1. The summed E-state index contributed by atoms with van der Waals surface area (Å²) in [7, 11) is 0. The lowest BCUT2D eigenvalue weighted by atomic mass is 10.2. The van der Waals surface area contributed by atoms with E-state index in [0.717, 1.165) is 54.8 Å². The van der Waals surface area contributed by atoms with Crippen molar-refractivity contribution in [2.45, 2.75) is 19.4 Å². The fourth-order valence-corrected chi connectivity index (χ4v) is 3.19. The van der Waals surface area contributed by atoms with E-state index in [1.54, 1.807) is 0 Å². The highest BCUT2D eigenvalue weighted by Gasteiger charge is 2.26. The average Bonchev–Trinajstić information content (AvgIpc) is 2.96. The van der Waals surface area contributed by atoms with E-state index in [9.17, 15) is 0 Å². The van der Waals surface area contributed by atoms with Gasteiger partial charge in [-0.15, -0.1) is 0 Å². The van der Waals surface area contributed by atoms with E-state index >= 15 is 0 Å². The third-order valence-electron chi connectivity index (χ3n) is 4.20. The van der Waals surface area contributed by atoms with E-state index in [1.807, 2.05) is 6.92 Å². The standard InChI is InChI=1S/C14H21BrN4/c1-11-13(15)2-3-14(17-11)19-8-6-18(7-9-19)12-4-5-16-10-12/h2-3,12,16H,4-10H2,1H3. The zero-order valence-electron chi connectivity index (χ0n) is 11.4. The molecule has 104 valence electrons. The van der Waals surface area contributed by atoms with Crippen LogP contribution < -0.4 is 10.2 Å². The molecule has 0 saturated carbocycles. The number of halogens is 1. The average molecular weight is 325 g/mol. The van der Waals surface area contributed by atoms with Crippen molar-refractivity contribution in [2.75, 3.05) is 44.2 Å². The molecule has 3 heterocycles. The number of piperazine rings is 1. The normalized spacial score (nSPS) is 24.9. The van der Waals surface area contributed by atoms with Crippen molar-refractivity contribution in [1.82, 2.24) is 15.2 Å². The van der Waals surface area contributed by atoms with Crippen LogP contribution in [0.25, 0.3) is 0 Å². The van der Waals surface area contributed by atoms with Crippen LogP contribution >= 0.6 is 15.9 Å². The summed E-state index contributed by atoms with van der Waals surface area (Å²) in [4.78, 5) is 9.70. The molecule has 0 radical (unpaired) electrons. The topological polar surface area (TPSA) is 31.4 Å². The van der Waals surface area contributed by atoms with Crippen LogP contribution in [0.2, 0.25) is 0 Å². The highest BCUT2D eigenvalue weighted by atomic mass is 79.9. The Morgan fingerprint density at radius 2 is 2.05 bits per heavy atom. The van der Waals surface area contributed by atoms with Crippen molar-refractivity contribution >= 4 is 21.7 Å². The van der Waals surface area contributed by atoms with Gasteiger partial charge in [-0.05, 0) is 48.0 Å². The molecule has 1 aromatic rings. The number of aryl methyl sites for hydroxylation is 1. The first kappa shape index (κ1) is 13.3. The number of aromatic nitrogens is 1. The first-order valence-electron chi connectivity index (χ1n) is 7.07. The van der Waals surface area contributed by atoms with Gasteiger partial charge < -0.3 is 10.2 Å². The van der Waals surface area contributed by atoms with Crippen LogP contribution in [0.4, 0.5) is 5.82 Å². The number of pyridine rings is 1. The molecule has 0 amide bonds. The molecule has 0 aliphatic carbocycles. The fraction of sp³-hybridized carbons (Fsp3) is 0.643. The predicted molar refractivity (Wildman–Crippen MR) is 81.7 cm³/mol. The lowest BCUT2D eigenvalue weighted by Crippen LogP contribution is -2.51. The van der Waals surface area contributed by atoms with Gasteiger partial charge in [-0.2, -0.15) is 0 Å². The molecular formula is C14H21BrN4. The summed E-state index contributed by atoms with van der Waals surface area (Å²) >= 11 is 3.51. The second-order valence-corrected chi connectivity index (χ2v) is 6.26. The summed E-state index contributed by atoms with van der Waals surface area (Å²) < 4.78 is 1.09. The number of nitrogens with zero attached hydrogens (tertiary/aromatic N) is 3. The first-order chi connectivity index (χ1) is 9.24. The maximum atomic E-state index is 4.67. The smallest absolute Gasteiger partial charge is 0.128 e. The molecule has 4 nitrogen and oxygen atoms in total. The molecular weight excluding hydrogens is 304 g/mol. The molecule has 19 heavy (non-hydrogen) atoms. The van der Waals surface area contributed by atoms with E-state index in [2.05, 4.69) is 48.2 Å². The molecule has 2 saturated heterocycles. The summed E-state index contributed by atoms with van der Waals surface area (Å²) in [6.45, 7) is 8.88. The van der Waals surface area contributed by atoms with Crippen molar-refractivity contribution in [3.63, 3.8) is 0 Å². The van der Waals surface area contributed by atoms with E-state index in [4.69, 9.17) is 0 Å². The Morgan fingerprint density at radius 3 is 2.68 bits per heavy atom. The van der Waals surface area contributed by atoms with Gasteiger partial charge in [0, 0.05) is 43.2 Å². The largest absolute Gasteiger partial charge is 0.354 e. The Bertz CT molecular complexity index is 437. The molecule has 0 spiro atoms. The van der Waals surface area contributed by atoms with Gasteiger partial charge in [0.25, 0.3) is 0 Å². The summed E-state index contributed by atoms with van der Waals surface area (Å²) in [6.07, 6.45) is 1.30. The molecule has 0 aromatic carbocycles. The highest BCUT2D eigenvalue weighted by Crippen LogP contribution is 2.21. The van der Waals surface area contributed by atoms with Gasteiger partial charge in [0.2, 0.25) is 0 Å². The minimum atomic E-state index is 0.752. The monoisotopic (exact) mass is 324 g/mol. The van der Waals surface area contributed by atoms with Gasteiger partial charge in [-0.3, -0.25) is 4.90 Å². The summed E-state index contributed by atoms with van der Waals surface area (Å²) in [6, 6.07) is 4.97. The number of hydrogen-bond donors (Lipinski definition) is 1. The SMILES string of the molecule is Cc1nc(N2CCN(C3CCNC3)CC2)ccc1Br. The van der Waals surface area contributed by atoms with Crippen molar-refractivity contribution in [3.05, 3.63) is 22.3 Å². The van der Waals surface area contributed by atoms with Gasteiger partial charge in [-0.1, -0.05) is 0 Å². The zero-order chi connectivity index (χ0) is 13.2. The summed E-state index contributed by atoms with van der Waals surface area (Å²) in [5, 5.41) is 3.45. The Balaban J connectivity index is 1.61. The van der Waals surface area contributed by atoms with Gasteiger partial charge in [-0.25, -0.2) is 4.98 Å². The number of nitrogens with one attached hydrogen (secondary N) is 1. The van der Waals surface area contributed by atoms with Crippen molar-refractivity contribution < 1.29 is 0 Å². The highest BCUT2D eigenvalue weighted by molar-refractivity contribution is 9.10. The van der Waals surface area contributed by atoms with E-state index in [-0.39, 0.29) is 0 Å². The van der Waals surface area contributed by atoms with Crippen LogP contribution in [0.15, 0.2) is 16.6 Å². The third-order valence-corrected chi connectivity index (χ3v) is 5.03. The van der Waals surface area contributed by atoms with Gasteiger partial charge in [0.15, 0.2) is 0 Å². The maximum absolute atomic E-state index is 4.67. The fourth-order valence-electron chi connectivity index (χ4n) is 2.97. The minimum absolute atomic E-state index is 0.752. The molecule has 5 heteroatoms. The minimum Gasteiger partial charge on any atom is -0.354 e. The molecule has 3 rings (SSSR count). The van der Waals surface area contributed by atoms with Crippen LogP contribution in [0.1, 0.15) is 12.1 Å². The van der Waals surface area contributed by atoms with E-state index in [0.29, 0.717) is 0 Å². The molecule has 1 N–H and O–H groups in total. The van der Waals surface area contributed by atoms with Crippen molar-refractivity contribution in [3.8, 4) is 0 Å². The first-order valence-corrected chi connectivity index (χ1v) is 7.86. The third kappa shape index (κ3) is 2.93. The molecule has 1 aromatic heterocycles. The molecule has 2 aliphatic heterocycles. The molecule has 2 aliphatic rings. The Morgan fingerprint density at radius 1 is 1.26 bits per heavy atom. The molecule has 2 fully saturated rings. The Labute approximate surface area is 123 Å². The van der Waals surface area contributed by atoms with Crippen LogP contribution in [0.3, 0.4) is 0 Å². The number of rotatable bonds is 2. The molecule has 1 unspecified atom stereocenters. The second-order valence-electron chi connectivity index (χ2n) is 5.41. The van der Waals surface area contributed by atoms with Gasteiger partial charge in [0.1, 0.15) is 5.82 Å². The van der Waals surface area contributed by atoms with Crippen LogP contribution in [-0.2, 0) is 0 Å². The van der Waals surface area contributed by atoms with Crippen molar-refractivity contribution in [1.29, 1.82) is 0 Å². The summed E-state index contributed by atoms with van der Waals surface area (Å²) in [5.41, 5.74) is 1.07. The Kier molecular flexibility index (Phi) is 4.05. The predicted octanol–water partition coefficient (Wildman–Crippen LogP) is 1.64. The summed E-state index contributed by atoms with van der Waals surface area (Å²) in [5.74, 6) is 1.12. The zero-order valence-corrected chi connectivity index (χ0v) is 13.0. The van der Waals surface area contributed by atoms with Crippen molar-refractivity contribution in [2.24, 2.45) is 0 Å². The van der Waals surface area contributed by atoms with Crippen LogP contribution in [0.5, 0.6) is 0 Å². The van der Waals surface area contributed by atoms with Crippen LogP contribution in [-0.4, -0.2) is 55.2 Å². The lowest BCUT2D eigenvalue weighted by molar-refractivity contribution is 0.196. The van der Waals surface area contributed by atoms with Gasteiger partial charge >= 0.3 is 0 Å². The Hall–Kier alpha value is -0.650.